The zero-order valence-corrected chi connectivity index (χ0v) is 16.8. The molecule has 2 aromatic rings. The molecule has 0 bridgehead atoms. The molecule has 1 amide bonds. The van der Waals surface area contributed by atoms with Crippen molar-refractivity contribution in [1.29, 1.82) is 0 Å². The molecule has 1 saturated heterocycles. The number of benzene rings is 2. The van der Waals surface area contributed by atoms with Gasteiger partial charge >= 0.3 is 0 Å². The molecule has 160 valence electrons. The first-order chi connectivity index (χ1) is 14.8. The number of hydrazone groups is 1. The lowest BCUT2D eigenvalue weighted by Crippen LogP contribution is -2.55. The summed E-state index contributed by atoms with van der Waals surface area (Å²) >= 11 is 0. The van der Waals surface area contributed by atoms with Crippen LogP contribution in [0, 0.1) is 11.6 Å². The van der Waals surface area contributed by atoms with Crippen LogP contribution in [-0.2, 0) is 17.6 Å². The van der Waals surface area contributed by atoms with Gasteiger partial charge in [-0.15, -0.1) is 0 Å². The maximum absolute atomic E-state index is 14.3. The van der Waals surface area contributed by atoms with E-state index in [1.807, 2.05) is 0 Å². The van der Waals surface area contributed by atoms with Crippen LogP contribution in [0.15, 0.2) is 53.0 Å². The molecule has 3 aliphatic rings. The summed E-state index contributed by atoms with van der Waals surface area (Å²) in [5, 5.41) is 26.1. The van der Waals surface area contributed by atoms with Gasteiger partial charge in [0.05, 0.1) is 12.3 Å². The first kappa shape index (κ1) is 19.7. The van der Waals surface area contributed by atoms with Gasteiger partial charge in [-0.25, -0.2) is 8.78 Å². The molecule has 2 aromatic carbocycles. The van der Waals surface area contributed by atoms with E-state index in [9.17, 15) is 23.8 Å². The van der Waals surface area contributed by atoms with Gasteiger partial charge in [0.2, 0.25) is 0 Å². The Labute approximate surface area is 177 Å². The van der Waals surface area contributed by atoms with Crippen LogP contribution in [0.5, 0.6) is 0 Å². The van der Waals surface area contributed by atoms with Gasteiger partial charge in [-0.2, -0.15) is 5.10 Å². The van der Waals surface area contributed by atoms with Gasteiger partial charge in [-0.05, 0) is 59.4 Å². The first-order valence-corrected chi connectivity index (χ1v) is 10.1. The van der Waals surface area contributed by atoms with Crippen LogP contribution in [0.2, 0.25) is 0 Å². The number of rotatable bonds is 1. The van der Waals surface area contributed by atoms with Gasteiger partial charge < -0.3 is 15.1 Å². The lowest BCUT2D eigenvalue weighted by atomic mass is 9.80. The van der Waals surface area contributed by atoms with E-state index in [2.05, 4.69) is 5.10 Å². The van der Waals surface area contributed by atoms with E-state index in [0.717, 1.165) is 17.3 Å². The van der Waals surface area contributed by atoms with E-state index in [1.54, 1.807) is 19.2 Å². The summed E-state index contributed by atoms with van der Waals surface area (Å²) in [7, 11) is 1.59. The maximum Gasteiger partial charge on any atom is 0.275 e. The number of hydrogen-bond acceptors (Lipinski definition) is 5. The van der Waals surface area contributed by atoms with Crippen LogP contribution in [0.25, 0.3) is 0 Å². The molecule has 0 aromatic heterocycles. The lowest BCUT2D eigenvalue weighted by Gasteiger charge is -2.45. The molecule has 8 heteroatoms. The van der Waals surface area contributed by atoms with Crippen LogP contribution in [0.4, 0.5) is 8.78 Å². The minimum atomic E-state index is -1.38. The molecule has 0 saturated carbocycles. The Balaban J connectivity index is 1.74. The zero-order valence-electron chi connectivity index (χ0n) is 16.8. The number of nitrogens with zero attached hydrogens (tertiary/aromatic N) is 3. The summed E-state index contributed by atoms with van der Waals surface area (Å²) in [5.74, 6) is -2.27. The highest BCUT2D eigenvalue weighted by molar-refractivity contribution is 5.96. The number of aryl methyl sites for hydroxylation is 2. The molecule has 6 nitrogen and oxygen atoms in total. The number of halogens is 2. The van der Waals surface area contributed by atoms with Crippen molar-refractivity contribution in [2.24, 2.45) is 5.10 Å². The Morgan fingerprint density at radius 3 is 2.19 bits per heavy atom. The molecular weight excluding hydrogens is 404 g/mol. The largest absolute Gasteiger partial charge is 0.507 e. The molecule has 2 aliphatic heterocycles. The maximum atomic E-state index is 14.3. The number of hydrogen-bond donors (Lipinski definition) is 2. The summed E-state index contributed by atoms with van der Waals surface area (Å²) in [5.41, 5.74) is 3.18. The fourth-order valence-electron chi connectivity index (χ4n) is 4.87. The van der Waals surface area contributed by atoms with E-state index in [-0.39, 0.29) is 12.2 Å². The second-order valence-electron chi connectivity index (χ2n) is 8.20. The Morgan fingerprint density at radius 1 is 1.03 bits per heavy atom. The van der Waals surface area contributed by atoms with Crippen LogP contribution in [0.1, 0.15) is 28.2 Å². The zero-order chi connectivity index (χ0) is 21.9. The fourth-order valence-corrected chi connectivity index (χ4v) is 4.87. The highest BCUT2D eigenvalue weighted by Crippen LogP contribution is 2.42. The average molecular weight is 425 g/mol. The number of amides is 1. The van der Waals surface area contributed by atoms with Gasteiger partial charge in [0.15, 0.2) is 11.5 Å². The number of fused-ring (bicyclic) bond motifs is 3. The highest BCUT2D eigenvalue weighted by Gasteiger charge is 2.45. The summed E-state index contributed by atoms with van der Waals surface area (Å²) in [6.45, 7) is 0.222. The third-order valence-electron chi connectivity index (χ3n) is 6.34. The van der Waals surface area contributed by atoms with E-state index in [0.29, 0.717) is 24.0 Å². The molecule has 5 rings (SSSR count). The first-order valence-electron chi connectivity index (χ1n) is 10.1. The summed E-state index contributed by atoms with van der Waals surface area (Å²) in [6.07, 6.45) is 1.11. The molecule has 2 N–H and O–H groups in total. The number of carbonyl (C=O) groups is 1. The average Bonchev–Trinajstić information content (AvgIpc) is 2.89. The Morgan fingerprint density at radius 2 is 1.61 bits per heavy atom. The van der Waals surface area contributed by atoms with Crippen molar-refractivity contribution in [3.8, 4) is 0 Å². The SMILES string of the molecule is CN1CC(C2c3cc(F)ccc3CCc3ccc(F)cc32)N2N=CC(O)C(O)=C2C1=O. The minimum Gasteiger partial charge on any atom is -0.507 e. The van der Waals surface area contributed by atoms with Gasteiger partial charge in [-0.3, -0.25) is 9.80 Å². The van der Waals surface area contributed by atoms with Crippen molar-refractivity contribution >= 4 is 12.1 Å². The quantitative estimate of drug-likeness (QED) is 0.736. The molecule has 1 fully saturated rings. The molecular formula is C23H21F2N3O3. The molecule has 2 heterocycles. The lowest BCUT2D eigenvalue weighted by molar-refractivity contribution is -0.132. The number of aliphatic hydroxyl groups is 2. The molecule has 31 heavy (non-hydrogen) atoms. The molecule has 1 aliphatic carbocycles. The van der Waals surface area contributed by atoms with Crippen molar-refractivity contribution in [3.63, 3.8) is 0 Å². The standard InChI is InChI=1S/C23H21F2N3O3/c1-27-11-18(28-21(23(27)31)22(30)19(29)10-26-28)20-16-8-14(24)6-4-12(16)2-3-13-5-7-15(25)9-17(13)20/h4-10,18-20,29-30H,2-3,11H2,1H3. The van der Waals surface area contributed by atoms with Gasteiger partial charge in [0, 0.05) is 19.5 Å². The molecule has 0 spiro atoms. The third-order valence-corrected chi connectivity index (χ3v) is 6.34. The smallest absolute Gasteiger partial charge is 0.275 e. The second kappa shape index (κ2) is 7.16. The van der Waals surface area contributed by atoms with E-state index in [4.69, 9.17) is 0 Å². The summed E-state index contributed by atoms with van der Waals surface area (Å²) in [4.78, 5) is 14.2. The molecule has 0 radical (unpaired) electrons. The Bertz CT molecular complexity index is 1090. The van der Waals surface area contributed by atoms with Gasteiger partial charge in [0.1, 0.15) is 17.7 Å². The Kier molecular flexibility index (Phi) is 4.55. The van der Waals surface area contributed by atoms with Crippen molar-refractivity contribution < 1.29 is 23.8 Å². The summed E-state index contributed by atoms with van der Waals surface area (Å²) < 4.78 is 28.7. The van der Waals surface area contributed by atoms with Crippen LogP contribution in [-0.4, -0.2) is 58.0 Å². The van der Waals surface area contributed by atoms with Crippen molar-refractivity contribution in [2.45, 2.75) is 30.9 Å². The van der Waals surface area contributed by atoms with Crippen molar-refractivity contribution in [1.82, 2.24) is 9.91 Å². The van der Waals surface area contributed by atoms with Gasteiger partial charge in [-0.1, -0.05) is 12.1 Å². The van der Waals surface area contributed by atoms with E-state index >= 15 is 0 Å². The monoisotopic (exact) mass is 425 g/mol. The minimum absolute atomic E-state index is 0.117. The van der Waals surface area contributed by atoms with Crippen LogP contribution < -0.4 is 0 Å². The van der Waals surface area contributed by atoms with Crippen molar-refractivity contribution in [3.05, 3.63) is 81.7 Å². The predicted molar refractivity (Wildman–Crippen MR) is 109 cm³/mol. The highest BCUT2D eigenvalue weighted by atomic mass is 19.1. The van der Waals surface area contributed by atoms with Crippen LogP contribution >= 0.6 is 0 Å². The van der Waals surface area contributed by atoms with E-state index in [1.165, 1.54) is 34.2 Å². The fraction of sp³-hybridized carbons (Fsp3) is 0.304. The Hall–Kier alpha value is -3.26. The van der Waals surface area contributed by atoms with Gasteiger partial charge in [0.25, 0.3) is 5.91 Å². The van der Waals surface area contributed by atoms with Crippen LogP contribution in [0.3, 0.4) is 0 Å². The molecule has 2 unspecified atom stereocenters. The second-order valence-corrected chi connectivity index (χ2v) is 8.20. The third kappa shape index (κ3) is 3.09. The number of piperazine rings is 1. The van der Waals surface area contributed by atoms with E-state index < -0.39 is 41.4 Å². The number of likely N-dealkylation sites (N-methyl/N-ethyl adjacent to an activating group) is 1. The predicted octanol–water partition coefficient (Wildman–Crippen LogP) is 2.47. The topological polar surface area (TPSA) is 76.4 Å². The number of aliphatic hydroxyl groups excluding tert-OH is 2. The number of carbonyl (C=O) groups excluding carboxylic acids is 1. The molecule has 2 atom stereocenters. The summed E-state index contributed by atoms with van der Waals surface area (Å²) in [6, 6.07) is 8.70. The van der Waals surface area contributed by atoms with Crippen molar-refractivity contribution in [2.75, 3.05) is 13.6 Å². The normalized spacial score (nSPS) is 23.4.